The maximum Gasteiger partial charge on any atom is 0.422 e. The Labute approximate surface area is 150 Å². The lowest BCUT2D eigenvalue weighted by Crippen LogP contribution is -2.39. The lowest BCUT2D eigenvalue weighted by molar-refractivity contribution is -0.153. The summed E-state index contributed by atoms with van der Waals surface area (Å²) in [7, 11) is 0. The summed E-state index contributed by atoms with van der Waals surface area (Å²) in [5.41, 5.74) is 0.281. The van der Waals surface area contributed by atoms with Crippen molar-refractivity contribution in [2.75, 3.05) is 11.9 Å². The van der Waals surface area contributed by atoms with Gasteiger partial charge in [-0.15, -0.1) is 12.4 Å². The fourth-order valence-corrected chi connectivity index (χ4v) is 3.66. The van der Waals surface area contributed by atoms with Crippen LogP contribution in [0.1, 0.15) is 32.1 Å². The number of benzene rings is 1. The summed E-state index contributed by atoms with van der Waals surface area (Å²) in [6, 6.07) is 7.21. The Bertz CT molecular complexity index is 586. The summed E-state index contributed by atoms with van der Waals surface area (Å²) in [6.45, 7) is -1.38. The van der Waals surface area contributed by atoms with Crippen molar-refractivity contribution in [3.63, 3.8) is 0 Å². The molecule has 0 spiro atoms. The van der Waals surface area contributed by atoms with E-state index in [-0.39, 0.29) is 29.8 Å². The van der Waals surface area contributed by atoms with Crippen LogP contribution in [0, 0.1) is 5.92 Å². The first kappa shape index (κ1) is 19.8. The monoisotopic (exact) mass is 378 g/mol. The number of carbonyl (C=O) groups is 1. The molecule has 140 valence electrons. The van der Waals surface area contributed by atoms with E-state index < -0.39 is 12.8 Å². The Balaban J connectivity index is 0.00000225. The summed E-state index contributed by atoms with van der Waals surface area (Å²) < 4.78 is 41.7. The predicted octanol–water partition coefficient (Wildman–Crippen LogP) is 3.91. The molecule has 2 heterocycles. The molecule has 2 saturated heterocycles. The first-order valence-corrected chi connectivity index (χ1v) is 8.23. The molecule has 2 bridgehead atoms. The molecule has 2 unspecified atom stereocenters. The number of hydrogen-bond acceptors (Lipinski definition) is 3. The normalized spacial score (nSPS) is 25.2. The van der Waals surface area contributed by atoms with E-state index in [0.717, 1.165) is 25.7 Å². The Hall–Kier alpha value is -1.47. The number of amides is 1. The number of piperidine rings is 1. The highest BCUT2D eigenvalue weighted by Gasteiger charge is 2.34. The number of carbonyl (C=O) groups excluding carboxylic acids is 1. The zero-order valence-corrected chi connectivity index (χ0v) is 14.5. The Kier molecular flexibility index (Phi) is 6.57. The van der Waals surface area contributed by atoms with Gasteiger partial charge in [0.15, 0.2) is 6.61 Å². The fourth-order valence-electron chi connectivity index (χ4n) is 3.66. The minimum Gasteiger partial charge on any atom is -0.482 e. The third kappa shape index (κ3) is 5.78. The molecule has 2 fully saturated rings. The van der Waals surface area contributed by atoms with Gasteiger partial charge in [-0.25, -0.2) is 0 Å². The molecule has 3 rings (SSSR count). The summed E-state index contributed by atoms with van der Waals surface area (Å²) in [6.07, 6.45) is 0.272. The zero-order valence-electron chi connectivity index (χ0n) is 13.6. The molecular weight excluding hydrogens is 357 g/mol. The fraction of sp³-hybridized carbons (Fsp3) is 0.588. The van der Waals surface area contributed by atoms with Gasteiger partial charge in [0.25, 0.3) is 0 Å². The number of para-hydroxylation sites is 2. The van der Waals surface area contributed by atoms with Crippen molar-refractivity contribution in [1.29, 1.82) is 0 Å². The Morgan fingerprint density at radius 2 is 1.84 bits per heavy atom. The molecule has 25 heavy (non-hydrogen) atoms. The molecule has 2 aliphatic heterocycles. The van der Waals surface area contributed by atoms with E-state index in [1.165, 1.54) is 6.07 Å². The van der Waals surface area contributed by atoms with Crippen molar-refractivity contribution >= 4 is 24.0 Å². The van der Waals surface area contributed by atoms with Crippen LogP contribution in [0.4, 0.5) is 18.9 Å². The van der Waals surface area contributed by atoms with Gasteiger partial charge >= 0.3 is 6.18 Å². The van der Waals surface area contributed by atoms with Gasteiger partial charge in [0.2, 0.25) is 5.91 Å². The van der Waals surface area contributed by atoms with Crippen molar-refractivity contribution in [3.05, 3.63) is 24.3 Å². The van der Waals surface area contributed by atoms with Gasteiger partial charge in [0, 0.05) is 18.5 Å². The second-order valence-electron chi connectivity index (χ2n) is 6.63. The number of ether oxygens (including phenoxy) is 1. The lowest BCUT2D eigenvalue weighted by atomic mass is 9.89. The number of nitrogens with one attached hydrogen (secondary N) is 2. The molecule has 2 atom stereocenters. The van der Waals surface area contributed by atoms with E-state index in [0.29, 0.717) is 24.4 Å². The number of hydrogen-bond donors (Lipinski definition) is 2. The lowest BCUT2D eigenvalue weighted by Gasteiger charge is -2.28. The average molecular weight is 379 g/mol. The highest BCUT2D eigenvalue weighted by Crippen LogP contribution is 2.33. The van der Waals surface area contributed by atoms with Gasteiger partial charge in [-0.05, 0) is 43.7 Å². The zero-order chi connectivity index (χ0) is 17.2. The Morgan fingerprint density at radius 1 is 1.20 bits per heavy atom. The van der Waals surface area contributed by atoms with Crippen LogP contribution in [0.2, 0.25) is 0 Å². The van der Waals surface area contributed by atoms with Crippen molar-refractivity contribution in [1.82, 2.24) is 5.32 Å². The van der Waals surface area contributed by atoms with Crippen molar-refractivity contribution in [2.45, 2.75) is 50.4 Å². The summed E-state index contributed by atoms with van der Waals surface area (Å²) in [5, 5.41) is 6.22. The van der Waals surface area contributed by atoms with Crippen LogP contribution < -0.4 is 15.4 Å². The van der Waals surface area contributed by atoms with Crippen LogP contribution in [-0.2, 0) is 4.79 Å². The van der Waals surface area contributed by atoms with Crippen LogP contribution in [0.5, 0.6) is 5.75 Å². The van der Waals surface area contributed by atoms with Gasteiger partial charge < -0.3 is 15.4 Å². The van der Waals surface area contributed by atoms with Crippen LogP contribution in [-0.4, -0.2) is 30.8 Å². The molecule has 1 amide bonds. The molecule has 4 nitrogen and oxygen atoms in total. The summed E-state index contributed by atoms with van der Waals surface area (Å²) in [5.74, 6) is 0.185. The van der Waals surface area contributed by atoms with Crippen molar-refractivity contribution < 1.29 is 22.7 Å². The van der Waals surface area contributed by atoms with Gasteiger partial charge in [-0.3, -0.25) is 4.79 Å². The first-order valence-electron chi connectivity index (χ1n) is 8.23. The average Bonchev–Trinajstić information content (AvgIpc) is 2.84. The van der Waals surface area contributed by atoms with E-state index in [9.17, 15) is 18.0 Å². The molecule has 8 heteroatoms. The number of alkyl halides is 3. The molecule has 0 aromatic heterocycles. The number of anilines is 1. The van der Waals surface area contributed by atoms with Crippen LogP contribution in [0.3, 0.4) is 0 Å². The minimum atomic E-state index is -4.41. The molecule has 0 radical (unpaired) electrons. The second-order valence-corrected chi connectivity index (χ2v) is 6.63. The SMILES string of the molecule is Cl.O=C(CC1CC2CCC(C1)N2)Nc1ccccc1OCC(F)(F)F. The molecule has 1 aromatic rings. The van der Waals surface area contributed by atoms with Crippen LogP contribution >= 0.6 is 12.4 Å². The number of fused-ring (bicyclic) bond motifs is 2. The third-order valence-corrected chi connectivity index (χ3v) is 4.60. The smallest absolute Gasteiger partial charge is 0.422 e. The highest BCUT2D eigenvalue weighted by atomic mass is 35.5. The predicted molar refractivity (Wildman–Crippen MR) is 91.2 cm³/mol. The van der Waals surface area contributed by atoms with Gasteiger partial charge in [-0.2, -0.15) is 13.2 Å². The van der Waals surface area contributed by atoms with E-state index >= 15 is 0 Å². The van der Waals surface area contributed by atoms with Gasteiger partial charge in [0.05, 0.1) is 5.69 Å². The van der Waals surface area contributed by atoms with Gasteiger partial charge in [0.1, 0.15) is 5.75 Å². The standard InChI is InChI=1S/C17H21F3N2O2.ClH/c18-17(19,20)10-24-15-4-2-1-3-14(15)22-16(23)9-11-7-12-5-6-13(8-11)21-12;/h1-4,11-13,21H,5-10H2,(H,22,23);1H. The van der Waals surface area contributed by atoms with Crippen LogP contribution in [0.25, 0.3) is 0 Å². The second kappa shape index (κ2) is 8.27. The quantitative estimate of drug-likeness (QED) is 0.816. The molecule has 1 aromatic carbocycles. The van der Waals surface area contributed by atoms with E-state index in [1.54, 1.807) is 18.2 Å². The molecule has 0 aliphatic carbocycles. The molecule has 2 N–H and O–H groups in total. The van der Waals surface area contributed by atoms with Crippen molar-refractivity contribution in [2.24, 2.45) is 5.92 Å². The minimum absolute atomic E-state index is 0. The van der Waals surface area contributed by atoms with Crippen LogP contribution in [0.15, 0.2) is 24.3 Å². The molecule has 0 saturated carbocycles. The Morgan fingerprint density at radius 3 is 2.48 bits per heavy atom. The largest absolute Gasteiger partial charge is 0.482 e. The summed E-state index contributed by atoms with van der Waals surface area (Å²) >= 11 is 0. The summed E-state index contributed by atoms with van der Waals surface area (Å²) in [4.78, 5) is 12.3. The maximum absolute atomic E-state index is 12.3. The van der Waals surface area contributed by atoms with Crippen molar-refractivity contribution in [3.8, 4) is 5.75 Å². The molecule has 2 aliphatic rings. The van der Waals surface area contributed by atoms with E-state index in [2.05, 4.69) is 10.6 Å². The first-order chi connectivity index (χ1) is 11.4. The third-order valence-electron chi connectivity index (χ3n) is 4.60. The number of rotatable bonds is 5. The topological polar surface area (TPSA) is 50.4 Å². The number of halogens is 4. The maximum atomic E-state index is 12.3. The van der Waals surface area contributed by atoms with E-state index in [4.69, 9.17) is 4.74 Å². The highest BCUT2D eigenvalue weighted by molar-refractivity contribution is 5.92. The van der Waals surface area contributed by atoms with Gasteiger partial charge in [-0.1, -0.05) is 12.1 Å². The van der Waals surface area contributed by atoms with E-state index in [1.807, 2.05) is 0 Å². The molecular formula is C17H22ClF3N2O2.